The predicted octanol–water partition coefficient (Wildman–Crippen LogP) is 3.92. The van der Waals surface area contributed by atoms with E-state index in [2.05, 4.69) is 6.92 Å². The smallest absolute Gasteiger partial charge is 0.343 e. The number of fused-ring (bicyclic) bond motifs is 1. The summed E-state index contributed by atoms with van der Waals surface area (Å²) in [6.45, 7) is 2.21. The molecule has 2 aromatic rings. The molecule has 0 aliphatic rings. The van der Waals surface area contributed by atoms with Gasteiger partial charge in [-0.25, -0.2) is 4.79 Å². The molecule has 1 heterocycles. The van der Waals surface area contributed by atoms with Gasteiger partial charge in [-0.3, -0.25) is 0 Å². The Kier molecular flexibility index (Phi) is 3.97. The molecular formula is C15H18O2. The highest BCUT2D eigenvalue weighted by atomic mass is 16.4. The topological polar surface area (TPSA) is 30.2 Å². The third kappa shape index (κ3) is 2.76. The summed E-state index contributed by atoms with van der Waals surface area (Å²) in [7, 11) is 0. The average Bonchev–Trinajstić information content (AvgIpc) is 2.37. The van der Waals surface area contributed by atoms with Crippen molar-refractivity contribution in [2.75, 3.05) is 0 Å². The molecular weight excluding hydrogens is 212 g/mol. The number of aryl methyl sites for hydroxylation is 1. The van der Waals surface area contributed by atoms with Crippen molar-refractivity contribution in [3.63, 3.8) is 0 Å². The molecule has 1 aromatic carbocycles. The van der Waals surface area contributed by atoms with E-state index in [0.29, 0.717) is 5.39 Å². The lowest BCUT2D eigenvalue weighted by molar-refractivity contribution is 0.510. The van der Waals surface area contributed by atoms with Crippen LogP contribution >= 0.6 is 0 Å². The molecule has 0 spiro atoms. The van der Waals surface area contributed by atoms with Crippen LogP contribution in [0.3, 0.4) is 0 Å². The van der Waals surface area contributed by atoms with Gasteiger partial charge in [-0.2, -0.15) is 0 Å². The monoisotopic (exact) mass is 230 g/mol. The zero-order valence-electron chi connectivity index (χ0n) is 10.2. The fraction of sp³-hybridized carbons (Fsp3) is 0.400. The standard InChI is InChI=1S/C15H18O2/c1-2-3-4-5-8-12-11-17-15(16)14-10-7-6-9-13(12)14/h6-7,9-11H,2-5,8H2,1H3. The Hall–Kier alpha value is -1.57. The number of hydrogen-bond acceptors (Lipinski definition) is 2. The van der Waals surface area contributed by atoms with Crippen LogP contribution in [-0.4, -0.2) is 0 Å². The van der Waals surface area contributed by atoms with E-state index in [-0.39, 0.29) is 5.63 Å². The molecule has 0 unspecified atom stereocenters. The second-order valence-electron chi connectivity index (χ2n) is 4.40. The Morgan fingerprint density at radius 1 is 1.06 bits per heavy atom. The zero-order chi connectivity index (χ0) is 12.1. The molecule has 0 fully saturated rings. The van der Waals surface area contributed by atoms with Crippen molar-refractivity contribution < 1.29 is 4.42 Å². The van der Waals surface area contributed by atoms with Gasteiger partial charge in [-0.05, 0) is 29.9 Å². The SMILES string of the molecule is CCCCCCc1coc(=O)c2ccccc12. The lowest BCUT2D eigenvalue weighted by Gasteiger charge is -2.04. The van der Waals surface area contributed by atoms with Gasteiger partial charge in [0.1, 0.15) is 0 Å². The molecule has 0 saturated carbocycles. The number of unbranched alkanes of at least 4 members (excludes halogenated alkanes) is 3. The third-order valence-corrected chi connectivity index (χ3v) is 3.10. The molecule has 17 heavy (non-hydrogen) atoms. The maximum absolute atomic E-state index is 11.5. The van der Waals surface area contributed by atoms with Crippen LogP contribution in [0.1, 0.15) is 38.2 Å². The fourth-order valence-corrected chi connectivity index (χ4v) is 2.13. The van der Waals surface area contributed by atoms with Crippen molar-refractivity contribution in [2.45, 2.75) is 39.0 Å². The molecule has 2 nitrogen and oxygen atoms in total. The predicted molar refractivity (Wildman–Crippen MR) is 70.3 cm³/mol. The van der Waals surface area contributed by atoms with E-state index < -0.39 is 0 Å². The highest BCUT2D eigenvalue weighted by Crippen LogP contribution is 2.17. The van der Waals surface area contributed by atoms with E-state index in [1.807, 2.05) is 24.3 Å². The minimum absolute atomic E-state index is 0.238. The molecule has 0 saturated heterocycles. The Balaban J connectivity index is 2.23. The second kappa shape index (κ2) is 5.67. The first-order valence-electron chi connectivity index (χ1n) is 6.32. The van der Waals surface area contributed by atoms with Crippen molar-refractivity contribution in [3.8, 4) is 0 Å². The molecule has 0 atom stereocenters. The van der Waals surface area contributed by atoms with E-state index in [4.69, 9.17) is 4.42 Å². The molecule has 0 aliphatic carbocycles. The van der Waals surface area contributed by atoms with E-state index in [1.165, 1.54) is 19.3 Å². The minimum Gasteiger partial charge on any atom is -0.431 e. The highest BCUT2D eigenvalue weighted by molar-refractivity contribution is 5.83. The minimum atomic E-state index is -0.238. The number of hydrogen-bond donors (Lipinski definition) is 0. The van der Waals surface area contributed by atoms with Gasteiger partial charge < -0.3 is 4.42 Å². The zero-order valence-corrected chi connectivity index (χ0v) is 10.2. The van der Waals surface area contributed by atoms with Crippen LogP contribution in [0.5, 0.6) is 0 Å². The lowest BCUT2D eigenvalue weighted by Crippen LogP contribution is -2.01. The van der Waals surface area contributed by atoms with Crippen molar-refractivity contribution in [2.24, 2.45) is 0 Å². The first kappa shape index (κ1) is 11.9. The van der Waals surface area contributed by atoms with E-state index in [0.717, 1.165) is 23.8 Å². The Morgan fingerprint density at radius 2 is 1.82 bits per heavy atom. The second-order valence-corrected chi connectivity index (χ2v) is 4.40. The van der Waals surface area contributed by atoms with Crippen molar-refractivity contribution >= 4 is 10.8 Å². The maximum Gasteiger partial charge on any atom is 0.343 e. The molecule has 1 aromatic heterocycles. The van der Waals surface area contributed by atoms with Crippen LogP contribution in [-0.2, 0) is 6.42 Å². The average molecular weight is 230 g/mol. The largest absolute Gasteiger partial charge is 0.431 e. The van der Waals surface area contributed by atoms with Crippen LogP contribution in [0.2, 0.25) is 0 Å². The Bertz CT molecular complexity index is 540. The van der Waals surface area contributed by atoms with Crippen LogP contribution in [0.15, 0.2) is 39.7 Å². The van der Waals surface area contributed by atoms with Gasteiger partial charge in [0.05, 0.1) is 11.6 Å². The van der Waals surface area contributed by atoms with Gasteiger partial charge in [-0.1, -0.05) is 44.4 Å². The first-order valence-corrected chi connectivity index (χ1v) is 6.32. The summed E-state index contributed by atoms with van der Waals surface area (Å²) in [5, 5.41) is 1.74. The van der Waals surface area contributed by atoms with Crippen LogP contribution in [0, 0.1) is 0 Å². The number of benzene rings is 1. The summed E-state index contributed by atoms with van der Waals surface area (Å²) in [6.07, 6.45) is 7.52. The molecule has 0 aliphatic heterocycles. The van der Waals surface area contributed by atoms with Crippen LogP contribution in [0.25, 0.3) is 10.8 Å². The van der Waals surface area contributed by atoms with Crippen LogP contribution in [0.4, 0.5) is 0 Å². The molecule has 90 valence electrons. The van der Waals surface area contributed by atoms with Gasteiger partial charge >= 0.3 is 5.63 Å². The normalized spacial score (nSPS) is 10.9. The molecule has 0 amide bonds. The van der Waals surface area contributed by atoms with E-state index >= 15 is 0 Å². The van der Waals surface area contributed by atoms with E-state index in [1.54, 1.807) is 6.26 Å². The quantitative estimate of drug-likeness (QED) is 0.729. The van der Waals surface area contributed by atoms with E-state index in [9.17, 15) is 4.79 Å². The summed E-state index contributed by atoms with van der Waals surface area (Å²) in [5.74, 6) is 0. The highest BCUT2D eigenvalue weighted by Gasteiger charge is 2.05. The molecule has 2 rings (SSSR count). The fourth-order valence-electron chi connectivity index (χ4n) is 2.13. The summed E-state index contributed by atoms with van der Waals surface area (Å²) >= 11 is 0. The molecule has 2 heteroatoms. The van der Waals surface area contributed by atoms with Gasteiger partial charge in [-0.15, -0.1) is 0 Å². The van der Waals surface area contributed by atoms with Crippen molar-refractivity contribution in [1.29, 1.82) is 0 Å². The maximum atomic E-state index is 11.5. The third-order valence-electron chi connectivity index (χ3n) is 3.10. The van der Waals surface area contributed by atoms with Crippen LogP contribution < -0.4 is 5.63 Å². The van der Waals surface area contributed by atoms with Crippen molar-refractivity contribution in [1.82, 2.24) is 0 Å². The van der Waals surface area contributed by atoms with Crippen molar-refractivity contribution in [3.05, 3.63) is 46.5 Å². The summed E-state index contributed by atoms with van der Waals surface area (Å²) < 4.78 is 5.07. The summed E-state index contributed by atoms with van der Waals surface area (Å²) in [6, 6.07) is 7.68. The molecule has 0 N–H and O–H groups in total. The summed E-state index contributed by atoms with van der Waals surface area (Å²) in [4.78, 5) is 11.5. The Labute approximate surface area is 101 Å². The van der Waals surface area contributed by atoms with Gasteiger partial charge in [0, 0.05) is 0 Å². The lowest BCUT2D eigenvalue weighted by atomic mass is 10.0. The van der Waals surface area contributed by atoms with Gasteiger partial charge in [0.15, 0.2) is 0 Å². The Morgan fingerprint density at radius 3 is 2.59 bits per heavy atom. The van der Waals surface area contributed by atoms with Gasteiger partial charge in [0.2, 0.25) is 0 Å². The molecule has 0 radical (unpaired) electrons. The number of rotatable bonds is 5. The first-order chi connectivity index (χ1) is 8.33. The molecule has 0 bridgehead atoms. The summed E-state index contributed by atoms with van der Waals surface area (Å²) in [5.41, 5.74) is 0.911. The van der Waals surface area contributed by atoms with Gasteiger partial charge in [0.25, 0.3) is 0 Å².